The molecule has 0 rings (SSSR count). The Labute approximate surface area is 567 Å². The van der Waals surface area contributed by atoms with Crippen LogP contribution in [0.1, 0.15) is 350 Å². The Morgan fingerprint density at radius 3 is 0.871 bits per heavy atom. The van der Waals surface area contributed by atoms with Crippen LogP contribution in [0.3, 0.4) is 0 Å². The third-order valence-electron chi connectivity index (χ3n) is 16.5. The molecule has 0 amide bonds. The predicted octanol–water partition coefficient (Wildman–Crippen LogP) is 21.0. The smallest absolute Gasteiger partial charge is 0.462 e. The monoisotopic (exact) mass is 1360 g/mol. The number of esters is 4. The van der Waals surface area contributed by atoms with Gasteiger partial charge in [0.2, 0.25) is 0 Å². The number of unbranched alkanes of at least 4 members (excludes halogenated alkanes) is 35. The van der Waals surface area contributed by atoms with E-state index < -0.39 is 97.5 Å². The summed E-state index contributed by atoms with van der Waals surface area (Å²) >= 11 is 0. The summed E-state index contributed by atoms with van der Waals surface area (Å²) in [5.74, 6) is 0.0544. The quantitative estimate of drug-likeness (QED) is 0.0169. The fourth-order valence-corrected chi connectivity index (χ4v) is 12.3. The third-order valence-corrected chi connectivity index (χ3v) is 18.4. The third kappa shape index (κ3) is 67.9. The predicted molar refractivity (Wildman–Crippen MR) is 377 cm³/mol. The lowest BCUT2D eigenvalue weighted by molar-refractivity contribution is -0.161. The SMILES string of the molecule is CCCCCC/C=C\C=C/CCCCCCCC(=O)O[C@H](COC(=O)CCCCCCCCC(C)C)COP(=O)(O)OC[C@H](O)COP(=O)(O)OC[C@@H](COC(=O)CCCCCCCCCCCCCCCCC(C)C)OC(=O)CCCCCCCCCCCC(C)C. The first-order valence-corrected chi connectivity index (χ1v) is 40.7. The van der Waals surface area contributed by atoms with Crippen molar-refractivity contribution in [2.24, 2.45) is 17.8 Å². The molecule has 0 spiro atoms. The van der Waals surface area contributed by atoms with Crippen molar-refractivity contribution in [3.63, 3.8) is 0 Å². The maximum absolute atomic E-state index is 13.0. The van der Waals surface area contributed by atoms with E-state index in [1.54, 1.807) is 0 Å². The minimum absolute atomic E-state index is 0.0836. The van der Waals surface area contributed by atoms with Gasteiger partial charge in [0.25, 0.3) is 0 Å². The van der Waals surface area contributed by atoms with Crippen LogP contribution in [-0.4, -0.2) is 96.7 Å². The molecule has 548 valence electrons. The van der Waals surface area contributed by atoms with Gasteiger partial charge >= 0.3 is 39.5 Å². The number of carbonyl (C=O) groups excluding carboxylic acids is 4. The zero-order valence-corrected chi connectivity index (χ0v) is 62.0. The number of allylic oxidation sites excluding steroid dienone is 4. The maximum atomic E-state index is 13.0. The average Bonchev–Trinajstić information content (AvgIpc) is 2.93. The Bertz CT molecular complexity index is 1910. The lowest BCUT2D eigenvalue weighted by Gasteiger charge is -2.21. The van der Waals surface area contributed by atoms with Crippen molar-refractivity contribution in [3.8, 4) is 0 Å². The molecule has 0 aromatic heterocycles. The molecule has 0 heterocycles. The van der Waals surface area contributed by atoms with Gasteiger partial charge in [-0.3, -0.25) is 37.3 Å². The molecule has 0 bridgehead atoms. The van der Waals surface area contributed by atoms with Crippen molar-refractivity contribution < 1.29 is 80.2 Å². The number of phosphoric ester groups is 2. The molecule has 3 N–H and O–H groups in total. The van der Waals surface area contributed by atoms with Crippen LogP contribution in [-0.2, 0) is 65.4 Å². The van der Waals surface area contributed by atoms with E-state index >= 15 is 0 Å². The topological polar surface area (TPSA) is 237 Å². The van der Waals surface area contributed by atoms with E-state index in [-0.39, 0.29) is 25.7 Å². The number of aliphatic hydroxyl groups is 1. The Morgan fingerprint density at radius 2 is 0.581 bits per heavy atom. The van der Waals surface area contributed by atoms with E-state index in [9.17, 15) is 43.2 Å². The van der Waals surface area contributed by atoms with Gasteiger partial charge in [0.1, 0.15) is 19.3 Å². The molecular formula is C74H140O17P2. The van der Waals surface area contributed by atoms with Crippen molar-refractivity contribution in [1.82, 2.24) is 0 Å². The van der Waals surface area contributed by atoms with Crippen molar-refractivity contribution in [2.45, 2.75) is 369 Å². The summed E-state index contributed by atoms with van der Waals surface area (Å²) in [5.41, 5.74) is 0. The highest BCUT2D eigenvalue weighted by Gasteiger charge is 2.30. The normalized spacial score (nSPS) is 14.3. The number of aliphatic hydroxyl groups excluding tert-OH is 1. The van der Waals surface area contributed by atoms with Crippen molar-refractivity contribution in [3.05, 3.63) is 24.3 Å². The molecule has 0 radical (unpaired) electrons. The number of ether oxygens (including phenoxy) is 4. The van der Waals surface area contributed by atoms with Gasteiger partial charge in [-0.25, -0.2) is 9.13 Å². The van der Waals surface area contributed by atoms with Gasteiger partial charge < -0.3 is 33.8 Å². The molecule has 19 heteroatoms. The number of hydrogen-bond donors (Lipinski definition) is 3. The second-order valence-electron chi connectivity index (χ2n) is 27.4. The van der Waals surface area contributed by atoms with Gasteiger partial charge in [-0.2, -0.15) is 0 Å². The number of rotatable bonds is 70. The molecule has 0 aromatic rings. The first-order valence-electron chi connectivity index (χ1n) is 37.7. The van der Waals surface area contributed by atoms with Crippen LogP contribution in [0.15, 0.2) is 24.3 Å². The number of carbonyl (C=O) groups is 4. The summed E-state index contributed by atoms with van der Waals surface area (Å²) in [5, 5.41) is 10.6. The van der Waals surface area contributed by atoms with Gasteiger partial charge in [-0.15, -0.1) is 0 Å². The highest BCUT2D eigenvalue weighted by molar-refractivity contribution is 7.47. The fraction of sp³-hybridized carbons (Fsp3) is 0.892. The lowest BCUT2D eigenvalue weighted by atomic mass is 10.0. The highest BCUT2D eigenvalue weighted by Crippen LogP contribution is 2.45. The summed E-state index contributed by atoms with van der Waals surface area (Å²) in [6, 6.07) is 0. The minimum atomic E-state index is -4.96. The number of hydrogen-bond acceptors (Lipinski definition) is 15. The molecule has 0 aliphatic heterocycles. The van der Waals surface area contributed by atoms with Crippen LogP contribution in [0.5, 0.6) is 0 Å². The first-order chi connectivity index (χ1) is 44.7. The second-order valence-corrected chi connectivity index (χ2v) is 30.3. The first kappa shape index (κ1) is 90.5. The Balaban J connectivity index is 5.25. The Morgan fingerprint density at radius 1 is 0.333 bits per heavy atom. The van der Waals surface area contributed by atoms with E-state index in [2.05, 4.69) is 72.8 Å². The van der Waals surface area contributed by atoms with Gasteiger partial charge in [-0.05, 0) is 69.1 Å². The Kier molecular flexibility index (Phi) is 62.5. The molecule has 0 aromatic carbocycles. The molecule has 93 heavy (non-hydrogen) atoms. The molecule has 0 aliphatic carbocycles. The van der Waals surface area contributed by atoms with Gasteiger partial charge in [-0.1, -0.05) is 297 Å². The molecule has 0 aliphatic rings. The van der Waals surface area contributed by atoms with Crippen LogP contribution in [0, 0.1) is 17.8 Å². The fourth-order valence-electron chi connectivity index (χ4n) is 10.7. The van der Waals surface area contributed by atoms with Crippen molar-refractivity contribution >= 4 is 39.5 Å². The van der Waals surface area contributed by atoms with E-state index in [0.29, 0.717) is 31.6 Å². The summed E-state index contributed by atoms with van der Waals surface area (Å²) in [6.07, 6.45) is 52.3. The molecule has 0 fully saturated rings. The molecule has 5 atom stereocenters. The van der Waals surface area contributed by atoms with Crippen molar-refractivity contribution in [1.29, 1.82) is 0 Å². The molecule has 17 nitrogen and oxygen atoms in total. The minimum Gasteiger partial charge on any atom is -0.462 e. The average molecular weight is 1360 g/mol. The van der Waals surface area contributed by atoms with Gasteiger partial charge in [0.05, 0.1) is 26.4 Å². The molecule has 0 saturated carbocycles. The molecular weight excluding hydrogens is 1220 g/mol. The summed E-state index contributed by atoms with van der Waals surface area (Å²) < 4.78 is 68.3. The van der Waals surface area contributed by atoms with Crippen LogP contribution in [0.2, 0.25) is 0 Å². The lowest BCUT2D eigenvalue weighted by Crippen LogP contribution is -2.30. The zero-order valence-electron chi connectivity index (χ0n) is 60.2. The van der Waals surface area contributed by atoms with Crippen molar-refractivity contribution in [2.75, 3.05) is 39.6 Å². The molecule has 2 unspecified atom stereocenters. The molecule has 0 saturated heterocycles. The summed E-state index contributed by atoms with van der Waals surface area (Å²) in [4.78, 5) is 72.6. The van der Waals surface area contributed by atoms with E-state index in [1.165, 1.54) is 141 Å². The van der Waals surface area contributed by atoms with Crippen LogP contribution < -0.4 is 0 Å². The largest absolute Gasteiger partial charge is 0.472 e. The van der Waals surface area contributed by atoms with E-state index in [0.717, 1.165) is 121 Å². The summed E-state index contributed by atoms with van der Waals surface area (Å²) in [6.45, 7) is 11.7. The van der Waals surface area contributed by atoms with Crippen LogP contribution in [0.25, 0.3) is 0 Å². The van der Waals surface area contributed by atoms with E-state index in [1.807, 2.05) is 0 Å². The Hall–Kier alpha value is -2.46. The summed E-state index contributed by atoms with van der Waals surface area (Å²) in [7, 11) is -9.92. The van der Waals surface area contributed by atoms with Gasteiger partial charge in [0.15, 0.2) is 12.2 Å². The second kappa shape index (κ2) is 64.2. The highest BCUT2D eigenvalue weighted by atomic mass is 31.2. The van der Waals surface area contributed by atoms with Crippen LogP contribution in [0.4, 0.5) is 0 Å². The number of phosphoric acid groups is 2. The van der Waals surface area contributed by atoms with Crippen LogP contribution >= 0.6 is 15.6 Å². The zero-order chi connectivity index (χ0) is 68.7. The standard InChI is InChI=1S/C74H140O17P2/c1-8-9-10-11-12-13-14-15-16-21-24-29-34-43-50-57-73(78)91-70(62-85-72(77)56-49-42-37-36-40-47-54-67(6)7)64-89-93(82,83)87-60-68(75)59-86-92(80,81)88-63-69(90-74(79)58-51-44-35-30-25-27-32-39-46-53-66(4)5)61-84-71(76)55-48-41-33-28-23-20-18-17-19-22-26-31-38-45-52-65(2)3/h13-16,65-70,75H,8-12,17-64H2,1-7H3,(H,80,81)(H,82,83)/b14-13-,16-15-/t68-,69-,70-/m1/s1. The maximum Gasteiger partial charge on any atom is 0.472 e. The van der Waals surface area contributed by atoms with Gasteiger partial charge in [0, 0.05) is 25.7 Å². The van der Waals surface area contributed by atoms with E-state index in [4.69, 9.17) is 37.0 Å².